The van der Waals surface area contributed by atoms with Crippen LogP contribution >= 0.6 is 0 Å². The number of nitrogens with one attached hydrogen (secondary N) is 2. The van der Waals surface area contributed by atoms with Gasteiger partial charge in [-0.2, -0.15) is 18.6 Å². The van der Waals surface area contributed by atoms with E-state index in [9.17, 15) is 18.0 Å². The molecule has 0 amide bonds. The van der Waals surface area contributed by atoms with E-state index in [0.717, 1.165) is 28.9 Å². The molecule has 10 heteroatoms. The molecule has 3 rings (SSSR count). The molecule has 0 heterocycles. The molecule has 9 nitrogen and oxygen atoms in total. The second-order valence-electron chi connectivity index (χ2n) is 6.53. The minimum atomic E-state index is -4.32. The summed E-state index contributed by atoms with van der Waals surface area (Å²) in [6, 6.07) is 13.2. The second kappa shape index (κ2) is 8.39. The van der Waals surface area contributed by atoms with Crippen LogP contribution in [0.2, 0.25) is 0 Å². The van der Waals surface area contributed by atoms with Crippen molar-refractivity contribution in [1.29, 1.82) is 0 Å². The Morgan fingerprint density at radius 2 is 1.57 bits per heavy atom. The van der Waals surface area contributed by atoms with Crippen LogP contribution < -0.4 is 32.4 Å². The lowest BCUT2D eigenvalue weighted by atomic mass is 10.1. The summed E-state index contributed by atoms with van der Waals surface area (Å²) < 4.78 is 31.1. The fourth-order valence-electron chi connectivity index (χ4n) is 2.62. The molecule has 0 unspecified atom stereocenters. The van der Waals surface area contributed by atoms with Gasteiger partial charge in [-0.3, -0.25) is 25.0 Å². The van der Waals surface area contributed by atoms with Crippen molar-refractivity contribution >= 4 is 21.5 Å². The molecule has 3 N–H and O–H groups in total. The molecule has 0 fully saturated rings. The van der Waals surface area contributed by atoms with Gasteiger partial charge in [0.25, 0.3) is 10.1 Å². The smallest absolute Gasteiger partial charge is 0.287 e. The topological polar surface area (TPSA) is 137 Å². The van der Waals surface area contributed by atoms with Gasteiger partial charge in [0.05, 0.1) is 16.3 Å². The fraction of sp³-hybridized carbons (Fsp3) is 0.100. The third kappa shape index (κ3) is 4.85. The van der Waals surface area contributed by atoms with Crippen molar-refractivity contribution in [3.63, 3.8) is 0 Å². The average Bonchev–Trinajstić information content (AvgIpc) is 2.68. The summed E-state index contributed by atoms with van der Waals surface area (Å²) in [5, 5.41) is 7.56. The highest BCUT2D eigenvalue weighted by atomic mass is 32.2. The molecule has 0 saturated heterocycles. The van der Waals surface area contributed by atoms with Crippen LogP contribution in [0.3, 0.4) is 0 Å². The minimum absolute atomic E-state index is 0.0110. The average molecular weight is 426 g/mol. The molecule has 154 valence electrons. The molecule has 0 spiro atoms. The van der Waals surface area contributed by atoms with Crippen LogP contribution in [0.15, 0.2) is 79.3 Å². The van der Waals surface area contributed by atoms with E-state index in [-0.39, 0.29) is 15.6 Å². The molecule has 3 aromatic carbocycles. The minimum Gasteiger partial charge on any atom is -0.287 e. The largest absolute Gasteiger partial charge is 0.294 e. The van der Waals surface area contributed by atoms with Crippen molar-refractivity contribution in [2.45, 2.75) is 18.7 Å². The summed E-state index contributed by atoms with van der Waals surface area (Å²) in [6.07, 6.45) is 0. The van der Waals surface area contributed by atoms with Gasteiger partial charge in [0.2, 0.25) is 10.9 Å². The normalized spacial score (nSPS) is 12.8. The molecule has 30 heavy (non-hydrogen) atoms. The summed E-state index contributed by atoms with van der Waals surface area (Å²) in [6.45, 7) is 3.87. The predicted octanol–water partition coefficient (Wildman–Crippen LogP) is 1.00. The summed E-state index contributed by atoms with van der Waals surface area (Å²) in [7, 11) is -4.32. The maximum absolute atomic E-state index is 12.6. The van der Waals surface area contributed by atoms with E-state index in [1.165, 1.54) is 24.3 Å². The van der Waals surface area contributed by atoms with Crippen molar-refractivity contribution in [3.05, 3.63) is 96.9 Å². The van der Waals surface area contributed by atoms with Gasteiger partial charge in [0.1, 0.15) is 5.36 Å². The highest BCUT2D eigenvalue weighted by Crippen LogP contribution is 2.15. The zero-order chi connectivity index (χ0) is 21.9. The van der Waals surface area contributed by atoms with Crippen molar-refractivity contribution in [2.75, 3.05) is 10.9 Å². The molecule has 0 aliphatic carbocycles. The van der Waals surface area contributed by atoms with Gasteiger partial charge >= 0.3 is 0 Å². The number of nitrogens with zero attached hydrogens (tertiary/aromatic N) is 2. The first kappa shape index (κ1) is 21.1. The SMILES string of the molecule is Cc1ccc(N/N=c2\ccc(=O)/c(=N\Nc3ccc(S(=O)(=O)O)cc3)c2=O)c(C)c1. The molecule has 0 saturated carbocycles. The van der Waals surface area contributed by atoms with E-state index in [4.69, 9.17) is 4.55 Å². The van der Waals surface area contributed by atoms with Crippen LogP contribution in [0.25, 0.3) is 0 Å². The maximum atomic E-state index is 12.6. The highest BCUT2D eigenvalue weighted by molar-refractivity contribution is 7.85. The third-order valence-electron chi connectivity index (χ3n) is 4.20. The molecule has 0 radical (unpaired) electrons. The Kier molecular flexibility index (Phi) is 5.90. The zero-order valence-corrected chi connectivity index (χ0v) is 16.9. The highest BCUT2D eigenvalue weighted by Gasteiger charge is 2.08. The summed E-state index contributed by atoms with van der Waals surface area (Å²) in [5.41, 5.74) is 7.17. The standard InChI is InChI=1S/C20H18N4O5S/c1-12-3-8-16(13(2)11-12)22-23-17-9-10-18(25)19(20(17)26)24-21-14-4-6-15(7-5-14)30(27,28)29/h3-11,21-22H,1-2H3,(H,27,28,29)/b23-17+,24-19+. The Balaban J connectivity index is 1.92. The fourth-order valence-corrected chi connectivity index (χ4v) is 3.10. The van der Waals surface area contributed by atoms with Crippen molar-refractivity contribution in [3.8, 4) is 0 Å². The van der Waals surface area contributed by atoms with E-state index in [2.05, 4.69) is 21.1 Å². The van der Waals surface area contributed by atoms with Crippen LogP contribution in [0, 0.1) is 13.8 Å². The van der Waals surface area contributed by atoms with Crippen LogP contribution in [0.1, 0.15) is 11.1 Å². The van der Waals surface area contributed by atoms with Gasteiger partial charge in [-0.1, -0.05) is 17.7 Å². The van der Waals surface area contributed by atoms with Crippen molar-refractivity contribution in [2.24, 2.45) is 10.2 Å². The van der Waals surface area contributed by atoms with E-state index < -0.39 is 21.0 Å². The number of anilines is 2. The lowest BCUT2D eigenvalue weighted by molar-refractivity contribution is 0.483. The molecule has 0 aliphatic heterocycles. The number of hydrogen-bond donors (Lipinski definition) is 3. The first-order valence-corrected chi connectivity index (χ1v) is 10.2. The molecule has 0 aromatic heterocycles. The second-order valence-corrected chi connectivity index (χ2v) is 7.95. The summed E-state index contributed by atoms with van der Waals surface area (Å²) in [4.78, 5) is 24.3. The maximum Gasteiger partial charge on any atom is 0.294 e. The quantitative estimate of drug-likeness (QED) is 0.409. The molecule has 0 bridgehead atoms. The Labute approximate surface area is 171 Å². The van der Waals surface area contributed by atoms with E-state index >= 15 is 0 Å². The first-order valence-electron chi connectivity index (χ1n) is 8.74. The Morgan fingerprint density at radius 1 is 0.867 bits per heavy atom. The molecular formula is C20H18N4O5S. The molecular weight excluding hydrogens is 408 g/mol. The van der Waals surface area contributed by atoms with E-state index in [1.807, 2.05) is 32.0 Å². The monoisotopic (exact) mass is 426 g/mol. The lowest BCUT2D eigenvalue weighted by Crippen LogP contribution is -2.47. The van der Waals surface area contributed by atoms with Crippen LogP contribution in [-0.2, 0) is 10.1 Å². The van der Waals surface area contributed by atoms with Gasteiger partial charge in [-0.05, 0) is 61.9 Å². The molecule has 0 aliphatic rings. The van der Waals surface area contributed by atoms with Crippen molar-refractivity contribution < 1.29 is 13.0 Å². The van der Waals surface area contributed by atoms with E-state index in [1.54, 1.807) is 0 Å². The van der Waals surface area contributed by atoms with Crippen LogP contribution in [-0.4, -0.2) is 13.0 Å². The number of benzene rings is 3. The predicted molar refractivity (Wildman–Crippen MR) is 112 cm³/mol. The van der Waals surface area contributed by atoms with Crippen molar-refractivity contribution in [1.82, 2.24) is 0 Å². The number of hydrogen-bond acceptors (Lipinski definition) is 8. The molecule has 0 atom stereocenters. The van der Waals surface area contributed by atoms with Gasteiger partial charge in [0.15, 0.2) is 5.36 Å². The number of rotatable bonds is 5. The Bertz CT molecular complexity index is 1420. The molecule has 3 aromatic rings. The number of aryl methyl sites for hydroxylation is 2. The van der Waals surface area contributed by atoms with Gasteiger partial charge in [0, 0.05) is 0 Å². The lowest BCUT2D eigenvalue weighted by Gasteiger charge is -2.05. The Hall–Kier alpha value is -3.63. The van der Waals surface area contributed by atoms with Gasteiger partial charge in [-0.25, -0.2) is 0 Å². The Morgan fingerprint density at radius 3 is 2.20 bits per heavy atom. The first-order chi connectivity index (χ1) is 14.1. The van der Waals surface area contributed by atoms with Crippen LogP contribution in [0.5, 0.6) is 0 Å². The summed E-state index contributed by atoms with van der Waals surface area (Å²) >= 11 is 0. The van der Waals surface area contributed by atoms with Crippen LogP contribution in [0.4, 0.5) is 11.4 Å². The van der Waals surface area contributed by atoms with Gasteiger partial charge < -0.3 is 0 Å². The summed E-state index contributed by atoms with van der Waals surface area (Å²) in [5.74, 6) is 0. The third-order valence-corrected chi connectivity index (χ3v) is 5.07. The zero-order valence-electron chi connectivity index (χ0n) is 16.1. The van der Waals surface area contributed by atoms with E-state index in [0.29, 0.717) is 5.69 Å². The van der Waals surface area contributed by atoms with Gasteiger partial charge in [-0.15, -0.1) is 0 Å².